The van der Waals surface area contributed by atoms with Crippen molar-refractivity contribution in [3.8, 4) is 0 Å². The van der Waals surface area contributed by atoms with E-state index in [0.29, 0.717) is 13.2 Å². The molecule has 0 spiro atoms. The molecule has 0 saturated carbocycles. The highest BCUT2D eigenvalue weighted by Crippen LogP contribution is 2.16. The zero-order chi connectivity index (χ0) is 14.4. The van der Waals surface area contributed by atoms with Crippen LogP contribution < -0.4 is 0 Å². The van der Waals surface area contributed by atoms with Crippen LogP contribution in [0.25, 0.3) is 0 Å². The van der Waals surface area contributed by atoms with Gasteiger partial charge in [-0.25, -0.2) is 0 Å². The minimum Gasteiger partial charge on any atom is -0.383 e. The van der Waals surface area contributed by atoms with E-state index in [2.05, 4.69) is 10.2 Å². The first-order valence-electron chi connectivity index (χ1n) is 5.43. The minimum atomic E-state index is -0.378. The summed E-state index contributed by atoms with van der Waals surface area (Å²) < 4.78 is 5.12. The van der Waals surface area contributed by atoms with Crippen molar-refractivity contribution in [3.63, 3.8) is 0 Å². The largest absolute Gasteiger partial charge is 0.383 e. The first-order chi connectivity index (χ1) is 8.95. The quantitative estimate of drug-likeness (QED) is 0.759. The molecule has 1 rings (SSSR count). The van der Waals surface area contributed by atoms with E-state index in [1.165, 1.54) is 16.9 Å². The van der Waals surface area contributed by atoms with Gasteiger partial charge in [-0.05, 0) is 11.6 Å². The molecule has 0 bridgehead atoms. The number of amides is 2. The highest BCUT2D eigenvalue weighted by atomic mass is 35.5. The van der Waals surface area contributed by atoms with Gasteiger partial charge >= 0.3 is 0 Å². The fourth-order valence-electron chi connectivity index (χ4n) is 1.19. The monoisotopic (exact) mass is 306 g/mol. The predicted molar refractivity (Wildman–Crippen MR) is 71.4 cm³/mol. The molecule has 0 saturated heterocycles. The van der Waals surface area contributed by atoms with E-state index in [0.717, 1.165) is 11.3 Å². The molecule has 0 atom stereocenters. The summed E-state index contributed by atoms with van der Waals surface area (Å²) in [5.41, 5.74) is 0. The molecule has 1 aromatic heterocycles. The van der Waals surface area contributed by atoms with Gasteiger partial charge < -0.3 is 14.5 Å². The summed E-state index contributed by atoms with van der Waals surface area (Å²) in [6.45, 7) is 0.595. The van der Waals surface area contributed by atoms with Gasteiger partial charge in [-0.3, -0.25) is 9.59 Å². The Kier molecular flexibility index (Phi) is 6.13. The van der Waals surface area contributed by atoms with Crippen LogP contribution in [-0.2, 0) is 9.53 Å². The molecule has 0 aromatic carbocycles. The smallest absolute Gasteiger partial charge is 0.285 e. The molecule has 0 aliphatic carbocycles. The first-order valence-corrected chi connectivity index (χ1v) is 6.62. The lowest BCUT2D eigenvalue weighted by atomic mass is 10.4. The third kappa shape index (κ3) is 4.73. The topological polar surface area (TPSA) is 75.6 Å². The molecule has 1 heterocycles. The molecule has 0 fully saturated rings. The van der Waals surface area contributed by atoms with Crippen molar-refractivity contribution in [2.75, 3.05) is 40.9 Å². The Hall–Kier alpha value is -1.25. The van der Waals surface area contributed by atoms with Gasteiger partial charge in [0.1, 0.15) is 6.54 Å². The lowest BCUT2D eigenvalue weighted by Crippen LogP contribution is -2.41. The van der Waals surface area contributed by atoms with Crippen molar-refractivity contribution in [1.29, 1.82) is 0 Å². The van der Waals surface area contributed by atoms with Crippen LogP contribution in [0.4, 0.5) is 0 Å². The number of hydrogen-bond acceptors (Lipinski definition) is 6. The Morgan fingerprint density at radius 1 is 1.37 bits per heavy atom. The summed E-state index contributed by atoms with van der Waals surface area (Å²) in [5, 5.41) is 7.41. The van der Waals surface area contributed by atoms with E-state index in [1.807, 2.05) is 0 Å². The number of aromatic nitrogens is 2. The molecule has 0 radical (unpaired) electrons. The zero-order valence-corrected chi connectivity index (χ0v) is 12.5. The average molecular weight is 307 g/mol. The van der Waals surface area contributed by atoms with E-state index < -0.39 is 0 Å². The van der Waals surface area contributed by atoms with Crippen molar-refractivity contribution in [3.05, 3.63) is 9.47 Å². The van der Waals surface area contributed by atoms with E-state index >= 15 is 0 Å². The van der Waals surface area contributed by atoms with Gasteiger partial charge in [-0.2, -0.15) is 0 Å². The van der Waals surface area contributed by atoms with Crippen LogP contribution in [-0.4, -0.2) is 72.7 Å². The number of methoxy groups -OCH3 is 1. The fraction of sp³-hybridized carbons (Fsp3) is 0.600. The lowest BCUT2D eigenvalue weighted by molar-refractivity contribution is -0.129. The number of nitrogens with zero attached hydrogens (tertiary/aromatic N) is 4. The van der Waals surface area contributed by atoms with Crippen molar-refractivity contribution in [2.24, 2.45) is 0 Å². The molecule has 1 aromatic rings. The van der Waals surface area contributed by atoms with Crippen LogP contribution >= 0.6 is 22.9 Å². The van der Waals surface area contributed by atoms with Crippen molar-refractivity contribution in [2.45, 2.75) is 0 Å². The van der Waals surface area contributed by atoms with E-state index in [-0.39, 0.29) is 27.8 Å². The average Bonchev–Trinajstić information content (AvgIpc) is 2.79. The van der Waals surface area contributed by atoms with Crippen LogP contribution in [0.5, 0.6) is 0 Å². The van der Waals surface area contributed by atoms with Gasteiger partial charge in [-0.15, -0.1) is 10.2 Å². The maximum atomic E-state index is 12.2. The number of rotatable bonds is 6. The third-order valence-electron chi connectivity index (χ3n) is 2.26. The maximum absolute atomic E-state index is 12.2. The standard InChI is InChI=1S/C10H15ClN4O3S/c1-14(2)7(16)6-15(4-5-18-3)9(17)8-12-13-10(11)19-8/h4-6H2,1-3H3. The summed E-state index contributed by atoms with van der Waals surface area (Å²) >= 11 is 6.62. The molecule has 19 heavy (non-hydrogen) atoms. The Labute approximate surface area is 120 Å². The van der Waals surface area contributed by atoms with Gasteiger partial charge in [0.2, 0.25) is 15.4 Å². The number of halogens is 1. The van der Waals surface area contributed by atoms with E-state index in [4.69, 9.17) is 16.3 Å². The summed E-state index contributed by atoms with van der Waals surface area (Å²) in [4.78, 5) is 26.6. The second-order valence-electron chi connectivity index (χ2n) is 3.87. The molecular formula is C10H15ClN4O3S. The lowest BCUT2D eigenvalue weighted by Gasteiger charge is -2.22. The Bertz CT molecular complexity index is 452. The van der Waals surface area contributed by atoms with Gasteiger partial charge in [0.05, 0.1) is 6.61 Å². The van der Waals surface area contributed by atoms with Crippen LogP contribution in [0.2, 0.25) is 4.47 Å². The van der Waals surface area contributed by atoms with Crippen LogP contribution in [0.3, 0.4) is 0 Å². The third-order valence-corrected chi connectivity index (χ3v) is 3.27. The van der Waals surface area contributed by atoms with Crippen LogP contribution in [0.15, 0.2) is 0 Å². The summed E-state index contributed by atoms with van der Waals surface area (Å²) in [7, 11) is 4.78. The summed E-state index contributed by atoms with van der Waals surface area (Å²) in [5.74, 6) is -0.559. The van der Waals surface area contributed by atoms with Gasteiger partial charge in [0.25, 0.3) is 5.91 Å². The first kappa shape index (κ1) is 15.8. The molecule has 106 valence electrons. The molecule has 0 N–H and O–H groups in total. The van der Waals surface area contributed by atoms with Crippen molar-refractivity contribution < 1.29 is 14.3 Å². The number of hydrogen-bond donors (Lipinski definition) is 0. The molecule has 7 nitrogen and oxygen atoms in total. The normalized spacial score (nSPS) is 10.3. The molecule has 0 aliphatic rings. The Morgan fingerprint density at radius 2 is 2.05 bits per heavy atom. The predicted octanol–water partition coefficient (Wildman–Crippen LogP) is 0.368. The SMILES string of the molecule is COCCN(CC(=O)N(C)C)C(=O)c1nnc(Cl)s1. The Morgan fingerprint density at radius 3 is 2.53 bits per heavy atom. The number of ether oxygens (including phenoxy) is 1. The zero-order valence-electron chi connectivity index (χ0n) is 10.9. The molecule has 0 unspecified atom stereocenters. The van der Waals surface area contributed by atoms with Crippen LogP contribution in [0, 0.1) is 0 Å². The number of likely N-dealkylation sites (N-methyl/N-ethyl adjacent to an activating group) is 1. The highest BCUT2D eigenvalue weighted by Gasteiger charge is 2.22. The number of carbonyl (C=O) groups excluding carboxylic acids is 2. The highest BCUT2D eigenvalue weighted by molar-refractivity contribution is 7.17. The molecular weight excluding hydrogens is 292 g/mol. The fourth-order valence-corrected chi connectivity index (χ4v) is 1.98. The van der Waals surface area contributed by atoms with Crippen molar-refractivity contribution >= 4 is 34.8 Å². The van der Waals surface area contributed by atoms with E-state index in [9.17, 15) is 9.59 Å². The molecule has 9 heteroatoms. The van der Waals surface area contributed by atoms with Crippen LogP contribution in [0.1, 0.15) is 9.80 Å². The molecule has 2 amide bonds. The maximum Gasteiger partial charge on any atom is 0.285 e. The summed E-state index contributed by atoms with van der Waals surface area (Å²) in [6, 6.07) is 0. The second-order valence-corrected chi connectivity index (χ2v) is 5.43. The number of carbonyl (C=O) groups is 2. The molecule has 0 aliphatic heterocycles. The minimum absolute atomic E-state index is 0.0353. The van der Waals surface area contributed by atoms with Crippen molar-refractivity contribution in [1.82, 2.24) is 20.0 Å². The van der Waals surface area contributed by atoms with Gasteiger partial charge in [0.15, 0.2) is 0 Å². The summed E-state index contributed by atoms with van der Waals surface area (Å²) in [6.07, 6.45) is 0. The Balaban J connectivity index is 2.78. The van der Waals surface area contributed by atoms with Gasteiger partial charge in [-0.1, -0.05) is 11.3 Å². The second kappa shape index (κ2) is 7.37. The van der Waals surface area contributed by atoms with Gasteiger partial charge in [0, 0.05) is 27.7 Å². The van der Waals surface area contributed by atoms with E-state index in [1.54, 1.807) is 14.1 Å².